The van der Waals surface area contributed by atoms with Crippen LogP contribution in [-0.4, -0.2) is 23.5 Å². The first-order valence-electron chi connectivity index (χ1n) is 4.34. The molecule has 0 fully saturated rings. The molecule has 0 spiro atoms. The molecule has 1 aliphatic rings. The van der Waals surface area contributed by atoms with Gasteiger partial charge in [-0.05, 0) is 19.3 Å². The van der Waals surface area contributed by atoms with Gasteiger partial charge in [0, 0.05) is 5.92 Å². The number of amides is 1. The van der Waals surface area contributed by atoms with E-state index >= 15 is 0 Å². The summed E-state index contributed by atoms with van der Waals surface area (Å²) in [6.45, 7) is -0.279. The van der Waals surface area contributed by atoms with E-state index in [1.54, 1.807) is 0 Å². The molecular formula is C9H13NO3. The van der Waals surface area contributed by atoms with Crippen LogP contribution in [0.1, 0.15) is 19.3 Å². The van der Waals surface area contributed by atoms with E-state index < -0.39 is 5.97 Å². The van der Waals surface area contributed by atoms with Crippen molar-refractivity contribution in [2.45, 2.75) is 19.3 Å². The summed E-state index contributed by atoms with van der Waals surface area (Å²) < 4.78 is 0. The van der Waals surface area contributed by atoms with E-state index in [0.717, 1.165) is 19.3 Å². The van der Waals surface area contributed by atoms with Crippen LogP contribution in [0.2, 0.25) is 0 Å². The highest BCUT2D eigenvalue weighted by Crippen LogP contribution is 2.17. The lowest BCUT2D eigenvalue weighted by atomic mass is 9.94. The SMILES string of the molecule is O=C(O)CNC(=O)C1CC=CCC1. The van der Waals surface area contributed by atoms with Crippen molar-refractivity contribution >= 4 is 11.9 Å². The molecule has 0 aliphatic heterocycles. The topological polar surface area (TPSA) is 66.4 Å². The summed E-state index contributed by atoms with van der Waals surface area (Å²) in [4.78, 5) is 21.5. The Balaban J connectivity index is 2.30. The van der Waals surface area contributed by atoms with Crippen molar-refractivity contribution in [2.24, 2.45) is 5.92 Å². The number of carbonyl (C=O) groups is 2. The molecule has 0 aromatic rings. The number of nitrogens with one attached hydrogen (secondary N) is 1. The van der Waals surface area contributed by atoms with Gasteiger partial charge >= 0.3 is 5.97 Å². The smallest absolute Gasteiger partial charge is 0.322 e. The largest absolute Gasteiger partial charge is 0.480 e. The van der Waals surface area contributed by atoms with Gasteiger partial charge in [0.15, 0.2) is 0 Å². The molecule has 13 heavy (non-hydrogen) atoms. The highest BCUT2D eigenvalue weighted by Gasteiger charge is 2.18. The van der Waals surface area contributed by atoms with E-state index in [0.29, 0.717) is 0 Å². The molecule has 1 rings (SSSR count). The van der Waals surface area contributed by atoms with E-state index in [1.807, 2.05) is 12.2 Å². The Bertz CT molecular complexity index is 235. The van der Waals surface area contributed by atoms with Crippen LogP contribution >= 0.6 is 0 Å². The van der Waals surface area contributed by atoms with Crippen LogP contribution in [0.15, 0.2) is 12.2 Å². The Morgan fingerprint density at radius 3 is 2.77 bits per heavy atom. The summed E-state index contributed by atoms with van der Waals surface area (Å²) in [6, 6.07) is 0. The fourth-order valence-corrected chi connectivity index (χ4v) is 1.34. The number of rotatable bonds is 3. The van der Waals surface area contributed by atoms with Crippen molar-refractivity contribution in [1.82, 2.24) is 5.32 Å². The predicted molar refractivity (Wildman–Crippen MR) is 47.1 cm³/mol. The minimum atomic E-state index is -1.00. The molecule has 4 heteroatoms. The first-order chi connectivity index (χ1) is 6.20. The highest BCUT2D eigenvalue weighted by molar-refractivity contribution is 5.83. The summed E-state index contributed by atoms with van der Waals surface area (Å²) in [5, 5.41) is 10.7. The van der Waals surface area contributed by atoms with Crippen molar-refractivity contribution in [1.29, 1.82) is 0 Å². The lowest BCUT2D eigenvalue weighted by Crippen LogP contribution is -2.34. The molecule has 0 aromatic heterocycles. The number of hydrogen-bond acceptors (Lipinski definition) is 2. The minimum absolute atomic E-state index is 0.0376. The summed E-state index contributed by atoms with van der Waals surface area (Å²) in [7, 11) is 0. The van der Waals surface area contributed by atoms with Gasteiger partial charge in [-0.1, -0.05) is 12.2 Å². The zero-order valence-corrected chi connectivity index (χ0v) is 7.32. The fraction of sp³-hybridized carbons (Fsp3) is 0.556. The van der Waals surface area contributed by atoms with E-state index in [4.69, 9.17) is 5.11 Å². The minimum Gasteiger partial charge on any atom is -0.480 e. The Morgan fingerprint density at radius 2 is 2.23 bits per heavy atom. The Labute approximate surface area is 76.6 Å². The molecule has 0 saturated heterocycles. The summed E-state index contributed by atoms with van der Waals surface area (Å²) in [6.07, 6.45) is 6.47. The van der Waals surface area contributed by atoms with E-state index in [2.05, 4.69) is 5.32 Å². The van der Waals surface area contributed by atoms with Gasteiger partial charge in [-0.3, -0.25) is 9.59 Å². The second kappa shape index (κ2) is 4.64. The average Bonchev–Trinajstić information content (AvgIpc) is 2.15. The number of hydrogen-bond donors (Lipinski definition) is 2. The normalized spacial score (nSPS) is 21.1. The maximum Gasteiger partial charge on any atom is 0.322 e. The molecule has 0 radical (unpaired) electrons. The second-order valence-electron chi connectivity index (χ2n) is 3.09. The maximum absolute atomic E-state index is 11.3. The zero-order chi connectivity index (χ0) is 9.68. The van der Waals surface area contributed by atoms with Crippen LogP contribution in [-0.2, 0) is 9.59 Å². The lowest BCUT2D eigenvalue weighted by Gasteiger charge is -2.16. The monoisotopic (exact) mass is 183 g/mol. The van der Waals surface area contributed by atoms with Gasteiger partial charge in [-0.15, -0.1) is 0 Å². The number of carboxylic acid groups (broad SMARTS) is 1. The van der Waals surface area contributed by atoms with Crippen molar-refractivity contribution < 1.29 is 14.7 Å². The van der Waals surface area contributed by atoms with Crippen LogP contribution in [0.25, 0.3) is 0 Å². The number of carboxylic acids is 1. The molecule has 1 amide bonds. The average molecular weight is 183 g/mol. The molecular weight excluding hydrogens is 170 g/mol. The molecule has 2 N–H and O–H groups in total. The third-order valence-corrected chi connectivity index (χ3v) is 2.05. The van der Waals surface area contributed by atoms with Gasteiger partial charge in [-0.2, -0.15) is 0 Å². The van der Waals surface area contributed by atoms with Gasteiger partial charge in [-0.25, -0.2) is 0 Å². The first-order valence-corrected chi connectivity index (χ1v) is 4.34. The van der Waals surface area contributed by atoms with Gasteiger partial charge in [0.05, 0.1) is 0 Å². The van der Waals surface area contributed by atoms with Crippen molar-refractivity contribution in [3.63, 3.8) is 0 Å². The Kier molecular flexibility index (Phi) is 3.49. The molecule has 72 valence electrons. The Hall–Kier alpha value is -1.32. The fourth-order valence-electron chi connectivity index (χ4n) is 1.34. The molecule has 4 nitrogen and oxygen atoms in total. The number of carbonyl (C=O) groups excluding carboxylic acids is 1. The first kappa shape index (κ1) is 9.77. The molecule has 0 saturated carbocycles. The molecule has 1 unspecified atom stereocenters. The molecule has 0 heterocycles. The third-order valence-electron chi connectivity index (χ3n) is 2.05. The summed E-state index contributed by atoms with van der Waals surface area (Å²) >= 11 is 0. The van der Waals surface area contributed by atoms with Gasteiger partial charge < -0.3 is 10.4 Å². The second-order valence-corrected chi connectivity index (χ2v) is 3.09. The highest BCUT2D eigenvalue weighted by atomic mass is 16.4. The van der Waals surface area contributed by atoms with Gasteiger partial charge in [0.1, 0.15) is 6.54 Å². The van der Waals surface area contributed by atoms with Crippen LogP contribution in [0.5, 0.6) is 0 Å². The van der Waals surface area contributed by atoms with E-state index in [9.17, 15) is 9.59 Å². The van der Waals surface area contributed by atoms with Gasteiger partial charge in [0.2, 0.25) is 5.91 Å². The van der Waals surface area contributed by atoms with Crippen molar-refractivity contribution in [3.8, 4) is 0 Å². The number of allylic oxidation sites excluding steroid dienone is 2. The van der Waals surface area contributed by atoms with Crippen LogP contribution in [0.4, 0.5) is 0 Å². The Morgan fingerprint density at radius 1 is 1.46 bits per heavy atom. The van der Waals surface area contributed by atoms with Crippen LogP contribution in [0.3, 0.4) is 0 Å². The molecule has 1 aliphatic carbocycles. The summed E-state index contributed by atoms with van der Waals surface area (Å²) in [5.74, 6) is -1.18. The maximum atomic E-state index is 11.3. The quantitative estimate of drug-likeness (QED) is 0.628. The van der Waals surface area contributed by atoms with Crippen molar-refractivity contribution in [3.05, 3.63) is 12.2 Å². The third kappa shape index (κ3) is 3.27. The van der Waals surface area contributed by atoms with Crippen molar-refractivity contribution in [2.75, 3.05) is 6.54 Å². The predicted octanol–water partition coefficient (Wildman–Crippen LogP) is 0.543. The standard InChI is InChI=1S/C9H13NO3/c11-8(12)6-10-9(13)7-4-2-1-3-5-7/h1-2,7H,3-6H2,(H,10,13)(H,11,12). The van der Waals surface area contributed by atoms with E-state index in [1.165, 1.54) is 0 Å². The lowest BCUT2D eigenvalue weighted by molar-refractivity contribution is -0.138. The molecule has 0 bridgehead atoms. The van der Waals surface area contributed by atoms with E-state index in [-0.39, 0.29) is 18.4 Å². The molecule has 0 aromatic carbocycles. The van der Waals surface area contributed by atoms with Crippen LogP contribution < -0.4 is 5.32 Å². The molecule has 1 atom stereocenters. The summed E-state index contributed by atoms with van der Waals surface area (Å²) in [5.41, 5.74) is 0. The zero-order valence-electron chi connectivity index (χ0n) is 7.32. The van der Waals surface area contributed by atoms with Gasteiger partial charge in [0.25, 0.3) is 0 Å². The van der Waals surface area contributed by atoms with Crippen LogP contribution in [0, 0.1) is 5.92 Å². The number of aliphatic carboxylic acids is 1.